The van der Waals surface area contributed by atoms with E-state index >= 15 is 0 Å². The summed E-state index contributed by atoms with van der Waals surface area (Å²) in [5, 5.41) is 2.43. The first-order valence-corrected chi connectivity index (χ1v) is 8.76. The van der Waals surface area contributed by atoms with E-state index in [9.17, 15) is 27.2 Å². The number of amides is 1. The summed E-state index contributed by atoms with van der Waals surface area (Å²) in [6, 6.07) is 5.28. The molecule has 0 unspecified atom stereocenters. The van der Waals surface area contributed by atoms with Gasteiger partial charge in [0.15, 0.2) is 5.78 Å². The second kappa shape index (κ2) is 8.10. The monoisotopic (exact) mass is 420 g/mol. The largest absolute Gasteiger partial charge is 0.456 e. The topological polar surface area (TPSA) is 67.8 Å². The number of rotatable bonds is 4. The number of hydrogen-bond donors (Lipinski definition) is 1. The maximum atomic E-state index is 13.4. The molecule has 0 atom stereocenters. The second-order valence-electron chi connectivity index (χ2n) is 6.66. The number of aliphatic imine (C=N–C) groups is 1. The van der Waals surface area contributed by atoms with E-state index in [1.165, 1.54) is 32.2 Å². The number of nitrogens with zero attached hydrogens (tertiary/aromatic N) is 1. The van der Waals surface area contributed by atoms with Gasteiger partial charge in [0, 0.05) is 12.3 Å². The van der Waals surface area contributed by atoms with Crippen molar-refractivity contribution in [1.82, 2.24) is 5.32 Å². The molecule has 1 amide bonds. The summed E-state index contributed by atoms with van der Waals surface area (Å²) in [6.07, 6.45) is -2.21. The van der Waals surface area contributed by atoms with Crippen LogP contribution >= 0.6 is 0 Å². The van der Waals surface area contributed by atoms with Crippen molar-refractivity contribution in [3.8, 4) is 11.5 Å². The number of nitrogens with one attached hydrogen (secondary N) is 1. The second-order valence-corrected chi connectivity index (χ2v) is 6.66. The van der Waals surface area contributed by atoms with Gasteiger partial charge in [-0.15, -0.1) is 0 Å². The van der Waals surface area contributed by atoms with Crippen molar-refractivity contribution in [2.45, 2.75) is 20.0 Å². The first kappa shape index (κ1) is 21.2. The van der Waals surface area contributed by atoms with Gasteiger partial charge in [0.2, 0.25) is 0 Å². The van der Waals surface area contributed by atoms with Crippen LogP contribution in [0.5, 0.6) is 11.5 Å². The Hall–Kier alpha value is -3.49. The van der Waals surface area contributed by atoms with Gasteiger partial charge in [0.25, 0.3) is 5.91 Å². The average Bonchev–Trinajstić information content (AvgIpc) is 2.64. The van der Waals surface area contributed by atoms with Crippen LogP contribution in [0.1, 0.15) is 27.0 Å². The number of ether oxygens (including phenoxy) is 1. The van der Waals surface area contributed by atoms with E-state index in [1.54, 1.807) is 0 Å². The van der Waals surface area contributed by atoms with E-state index in [0.29, 0.717) is 5.56 Å². The normalized spacial score (nSPS) is 13.8. The number of alkyl halides is 3. The smallest absolute Gasteiger partial charge is 0.416 e. The van der Waals surface area contributed by atoms with Crippen LogP contribution in [0.4, 0.5) is 17.6 Å². The maximum absolute atomic E-state index is 13.4. The predicted octanol–water partition coefficient (Wildman–Crippen LogP) is 4.52. The fraction of sp³-hybridized carbons (Fsp3) is 0.190. The molecule has 1 N–H and O–H groups in total. The van der Waals surface area contributed by atoms with Crippen molar-refractivity contribution >= 4 is 17.9 Å². The molecule has 0 aliphatic carbocycles. The molecule has 5 nitrogen and oxygen atoms in total. The number of benzene rings is 2. The van der Waals surface area contributed by atoms with Crippen LogP contribution < -0.4 is 10.1 Å². The lowest BCUT2D eigenvalue weighted by atomic mass is 10.0. The van der Waals surface area contributed by atoms with Gasteiger partial charge in [-0.05, 0) is 55.3 Å². The van der Waals surface area contributed by atoms with Crippen molar-refractivity contribution < 1.29 is 31.9 Å². The quantitative estimate of drug-likeness (QED) is 0.740. The summed E-state index contributed by atoms with van der Waals surface area (Å²) < 4.78 is 59.1. The Morgan fingerprint density at radius 3 is 2.47 bits per heavy atom. The highest BCUT2D eigenvalue weighted by atomic mass is 19.4. The summed E-state index contributed by atoms with van der Waals surface area (Å²) in [4.78, 5) is 28.0. The molecule has 0 spiro atoms. The minimum absolute atomic E-state index is 0.0447. The Balaban J connectivity index is 2.04. The molecule has 0 bridgehead atoms. The van der Waals surface area contributed by atoms with E-state index in [4.69, 9.17) is 4.74 Å². The zero-order valence-corrected chi connectivity index (χ0v) is 15.9. The van der Waals surface area contributed by atoms with Crippen molar-refractivity contribution in [1.29, 1.82) is 0 Å². The summed E-state index contributed by atoms with van der Waals surface area (Å²) >= 11 is 0. The summed E-state index contributed by atoms with van der Waals surface area (Å²) in [5.74, 6) is -1.91. The zero-order chi connectivity index (χ0) is 22.1. The van der Waals surface area contributed by atoms with Gasteiger partial charge in [0.1, 0.15) is 23.9 Å². The summed E-state index contributed by atoms with van der Waals surface area (Å²) in [5.41, 5.74) is -0.891. The number of aryl methyl sites for hydroxylation is 2. The van der Waals surface area contributed by atoms with Crippen molar-refractivity contribution in [3.05, 3.63) is 70.2 Å². The van der Waals surface area contributed by atoms with Crippen LogP contribution in [-0.4, -0.2) is 24.4 Å². The van der Waals surface area contributed by atoms with Gasteiger partial charge in [0.05, 0.1) is 16.8 Å². The van der Waals surface area contributed by atoms with Crippen molar-refractivity contribution in [3.63, 3.8) is 0 Å². The minimum Gasteiger partial charge on any atom is -0.456 e. The Bertz CT molecular complexity index is 1090. The highest BCUT2D eigenvalue weighted by Gasteiger charge is 2.34. The molecule has 0 aromatic heterocycles. The van der Waals surface area contributed by atoms with Crippen LogP contribution in [0.3, 0.4) is 0 Å². The Labute approximate surface area is 169 Å². The molecular formula is C21H16F4N2O3. The molecular weight excluding hydrogens is 404 g/mol. The molecule has 2 aromatic carbocycles. The van der Waals surface area contributed by atoms with E-state index in [-0.39, 0.29) is 40.7 Å². The van der Waals surface area contributed by atoms with Gasteiger partial charge < -0.3 is 10.1 Å². The number of carbonyl (C=O) groups is 2. The lowest BCUT2D eigenvalue weighted by Crippen LogP contribution is -2.27. The zero-order valence-electron chi connectivity index (χ0n) is 15.9. The van der Waals surface area contributed by atoms with Gasteiger partial charge in [-0.3, -0.25) is 14.6 Å². The third-order valence-corrected chi connectivity index (χ3v) is 4.29. The third kappa shape index (κ3) is 4.73. The molecule has 0 saturated heterocycles. The van der Waals surface area contributed by atoms with Crippen molar-refractivity contribution in [2.24, 2.45) is 4.99 Å². The first-order valence-electron chi connectivity index (χ1n) is 8.76. The van der Waals surface area contributed by atoms with Gasteiger partial charge in [-0.2, -0.15) is 13.2 Å². The number of carbonyl (C=O) groups excluding carboxylic acids is 2. The average molecular weight is 420 g/mol. The minimum atomic E-state index is -4.67. The number of dihydropyridines is 1. The number of halogens is 4. The van der Waals surface area contributed by atoms with Crippen LogP contribution in [0, 0.1) is 19.7 Å². The standard InChI is InChI=1S/C21H16F4N2O3/c1-11-6-16(20(29)27-14-7-15(28)10-26-9-14)19(8-17(11)21(23,24)25)30-18-4-3-13(22)5-12(18)2/h3-9H,10H2,1-2H3,(H,27,29). The fourth-order valence-corrected chi connectivity index (χ4v) is 2.86. The lowest BCUT2D eigenvalue weighted by molar-refractivity contribution is -0.138. The third-order valence-electron chi connectivity index (χ3n) is 4.29. The Kier molecular flexibility index (Phi) is 5.73. The Morgan fingerprint density at radius 1 is 1.10 bits per heavy atom. The molecule has 0 fully saturated rings. The van der Waals surface area contributed by atoms with Gasteiger partial charge in [-0.1, -0.05) is 0 Å². The summed E-state index contributed by atoms with van der Waals surface area (Å²) in [6.45, 7) is 2.69. The molecule has 2 aromatic rings. The highest BCUT2D eigenvalue weighted by molar-refractivity contribution is 6.06. The number of allylic oxidation sites excluding steroid dienone is 1. The van der Waals surface area contributed by atoms with Crippen LogP contribution in [0.25, 0.3) is 0 Å². The van der Waals surface area contributed by atoms with E-state index in [0.717, 1.165) is 24.3 Å². The van der Waals surface area contributed by atoms with Crippen LogP contribution in [0.15, 0.2) is 47.1 Å². The van der Waals surface area contributed by atoms with Gasteiger partial charge >= 0.3 is 6.18 Å². The molecule has 1 heterocycles. The number of hydrogen-bond acceptors (Lipinski definition) is 4. The predicted molar refractivity (Wildman–Crippen MR) is 101 cm³/mol. The summed E-state index contributed by atoms with van der Waals surface area (Å²) in [7, 11) is 0. The van der Waals surface area contributed by atoms with Crippen molar-refractivity contribution in [2.75, 3.05) is 6.54 Å². The molecule has 30 heavy (non-hydrogen) atoms. The Morgan fingerprint density at radius 2 is 1.83 bits per heavy atom. The van der Waals surface area contributed by atoms with Crippen LogP contribution in [0.2, 0.25) is 0 Å². The SMILES string of the molecule is Cc1cc(F)ccc1Oc1cc(C(F)(F)F)c(C)cc1C(=O)NC1=CC(=O)CN=C1. The molecule has 9 heteroatoms. The molecule has 0 radical (unpaired) electrons. The molecule has 0 saturated carbocycles. The maximum Gasteiger partial charge on any atom is 0.416 e. The molecule has 1 aliphatic rings. The molecule has 3 rings (SSSR count). The molecule has 1 aliphatic heterocycles. The highest BCUT2D eigenvalue weighted by Crippen LogP contribution is 2.38. The molecule has 156 valence electrons. The van der Waals surface area contributed by atoms with Crippen LogP contribution in [-0.2, 0) is 11.0 Å². The lowest BCUT2D eigenvalue weighted by Gasteiger charge is -2.18. The first-order chi connectivity index (χ1) is 14.0. The number of ketones is 1. The van der Waals surface area contributed by atoms with E-state index in [1.807, 2.05) is 0 Å². The van der Waals surface area contributed by atoms with Gasteiger partial charge in [-0.25, -0.2) is 4.39 Å². The van der Waals surface area contributed by atoms with E-state index < -0.39 is 23.5 Å². The fourth-order valence-electron chi connectivity index (χ4n) is 2.86. The van der Waals surface area contributed by atoms with E-state index in [2.05, 4.69) is 10.3 Å².